The van der Waals surface area contributed by atoms with Crippen LogP contribution in [0.15, 0.2) is 39.7 Å². The maximum absolute atomic E-state index is 11.4. The number of hydrogen-bond donors (Lipinski definition) is 0. The fourth-order valence-electron chi connectivity index (χ4n) is 1.28. The van der Waals surface area contributed by atoms with Gasteiger partial charge in [0.1, 0.15) is 11.3 Å². The van der Waals surface area contributed by atoms with Gasteiger partial charge in [-0.1, -0.05) is 0 Å². The summed E-state index contributed by atoms with van der Waals surface area (Å²) in [6.45, 7) is 0.169. The summed E-state index contributed by atoms with van der Waals surface area (Å²) in [5.41, 5.74) is 0.450. The molecular formula is C11H10O4. The number of methoxy groups -OCH3 is 1. The number of rotatable bonds is 3. The summed E-state index contributed by atoms with van der Waals surface area (Å²) in [5.74, 6) is 0.610. The molecule has 0 radical (unpaired) electrons. The Hall–Kier alpha value is -1.81. The van der Waals surface area contributed by atoms with Crippen LogP contribution in [0, 0.1) is 0 Å². The molecule has 2 aromatic rings. The van der Waals surface area contributed by atoms with Gasteiger partial charge >= 0.3 is 0 Å². The zero-order chi connectivity index (χ0) is 10.7. The van der Waals surface area contributed by atoms with Gasteiger partial charge in [-0.05, 0) is 12.1 Å². The monoisotopic (exact) mass is 206 g/mol. The van der Waals surface area contributed by atoms with Gasteiger partial charge in [0.15, 0.2) is 12.2 Å². The second-order valence-corrected chi connectivity index (χ2v) is 2.99. The molecule has 0 amide bonds. The normalized spacial score (nSPS) is 10.5. The van der Waals surface area contributed by atoms with Crippen LogP contribution in [-0.4, -0.2) is 13.9 Å². The minimum atomic E-state index is -0.0606. The molecule has 0 bridgehead atoms. The molecule has 1 aromatic heterocycles. The van der Waals surface area contributed by atoms with Gasteiger partial charge < -0.3 is 13.9 Å². The molecule has 0 aliphatic heterocycles. The van der Waals surface area contributed by atoms with Gasteiger partial charge in [0.25, 0.3) is 0 Å². The van der Waals surface area contributed by atoms with Crippen molar-refractivity contribution in [1.29, 1.82) is 0 Å². The summed E-state index contributed by atoms with van der Waals surface area (Å²) in [4.78, 5) is 11.4. The molecule has 1 aromatic carbocycles. The predicted molar refractivity (Wildman–Crippen MR) is 55.0 cm³/mol. The summed E-state index contributed by atoms with van der Waals surface area (Å²) in [7, 11) is 1.54. The minimum absolute atomic E-state index is 0.0606. The molecule has 0 unspecified atom stereocenters. The van der Waals surface area contributed by atoms with Crippen molar-refractivity contribution in [3.8, 4) is 5.75 Å². The molecule has 4 heteroatoms. The Kier molecular flexibility index (Phi) is 2.69. The molecule has 0 spiro atoms. The molecule has 0 aliphatic rings. The average molecular weight is 206 g/mol. The SMILES string of the molecule is COCOc1ccc2c(=O)ccoc2c1. The highest BCUT2D eigenvalue weighted by Gasteiger charge is 2.01. The maximum Gasteiger partial charge on any atom is 0.192 e. The van der Waals surface area contributed by atoms with Crippen LogP contribution >= 0.6 is 0 Å². The van der Waals surface area contributed by atoms with Crippen molar-refractivity contribution in [2.75, 3.05) is 13.9 Å². The van der Waals surface area contributed by atoms with E-state index in [-0.39, 0.29) is 12.2 Å². The Morgan fingerprint density at radius 3 is 3.00 bits per heavy atom. The summed E-state index contributed by atoms with van der Waals surface area (Å²) in [6.07, 6.45) is 1.37. The van der Waals surface area contributed by atoms with E-state index >= 15 is 0 Å². The fourth-order valence-corrected chi connectivity index (χ4v) is 1.28. The van der Waals surface area contributed by atoms with Gasteiger partial charge in [0.2, 0.25) is 0 Å². The first-order valence-electron chi connectivity index (χ1n) is 4.44. The summed E-state index contributed by atoms with van der Waals surface area (Å²) in [6, 6.07) is 6.43. The van der Waals surface area contributed by atoms with E-state index in [1.54, 1.807) is 25.3 Å². The summed E-state index contributed by atoms with van der Waals surface area (Å²) in [5, 5.41) is 0.544. The third-order valence-electron chi connectivity index (χ3n) is 1.98. The quantitative estimate of drug-likeness (QED) is 0.718. The standard InChI is InChI=1S/C11H10O4/c1-13-7-15-8-2-3-9-10(12)4-5-14-11(9)6-8/h2-6H,7H2,1H3. The minimum Gasteiger partial charge on any atom is -0.467 e. The molecule has 1 heterocycles. The van der Waals surface area contributed by atoms with Gasteiger partial charge in [-0.25, -0.2) is 0 Å². The van der Waals surface area contributed by atoms with Crippen LogP contribution in [0.5, 0.6) is 5.75 Å². The molecule has 0 atom stereocenters. The molecule has 4 nitrogen and oxygen atoms in total. The zero-order valence-electron chi connectivity index (χ0n) is 8.23. The van der Waals surface area contributed by atoms with Gasteiger partial charge in [0.05, 0.1) is 11.6 Å². The molecule has 0 saturated carbocycles. The van der Waals surface area contributed by atoms with Crippen molar-refractivity contribution in [1.82, 2.24) is 0 Å². The van der Waals surface area contributed by atoms with Gasteiger partial charge in [-0.15, -0.1) is 0 Å². The van der Waals surface area contributed by atoms with Gasteiger partial charge in [0, 0.05) is 19.2 Å². The smallest absolute Gasteiger partial charge is 0.192 e. The Morgan fingerprint density at radius 2 is 2.20 bits per heavy atom. The van der Waals surface area contributed by atoms with E-state index in [1.165, 1.54) is 12.3 Å². The molecule has 0 aliphatic carbocycles. The van der Waals surface area contributed by atoms with E-state index in [1.807, 2.05) is 0 Å². The van der Waals surface area contributed by atoms with Crippen LogP contribution in [0.4, 0.5) is 0 Å². The van der Waals surface area contributed by atoms with Crippen molar-refractivity contribution in [2.24, 2.45) is 0 Å². The topological polar surface area (TPSA) is 48.7 Å². The maximum atomic E-state index is 11.4. The largest absolute Gasteiger partial charge is 0.467 e. The molecule has 0 N–H and O–H groups in total. The lowest BCUT2D eigenvalue weighted by atomic mass is 10.2. The lowest BCUT2D eigenvalue weighted by Gasteiger charge is -2.04. The van der Waals surface area contributed by atoms with Crippen LogP contribution in [0.1, 0.15) is 0 Å². The summed E-state index contributed by atoms with van der Waals surface area (Å²) < 4.78 is 15.2. The van der Waals surface area contributed by atoms with Crippen LogP contribution in [-0.2, 0) is 4.74 Å². The molecule has 15 heavy (non-hydrogen) atoms. The van der Waals surface area contributed by atoms with E-state index in [9.17, 15) is 4.79 Å². The Bertz CT molecular complexity index is 515. The fraction of sp³-hybridized carbons (Fsp3) is 0.182. The van der Waals surface area contributed by atoms with Crippen LogP contribution in [0.3, 0.4) is 0 Å². The summed E-state index contributed by atoms with van der Waals surface area (Å²) >= 11 is 0. The lowest BCUT2D eigenvalue weighted by Crippen LogP contribution is -2.00. The Balaban J connectivity index is 2.43. The van der Waals surface area contributed by atoms with Crippen molar-refractivity contribution >= 4 is 11.0 Å². The van der Waals surface area contributed by atoms with Gasteiger partial charge in [-0.3, -0.25) is 4.79 Å². The van der Waals surface area contributed by atoms with E-state index in [4.69, 9.17) is 13.9 Å². The number of benzene rings is 1. The first-order valence-corrected chi connectivity index (χ1v) is 4.44. The number of fused-ring (bicyclic) bond motifs is 1. The Labute approximate surface area is 86.0 Å². The zero-order valence-corrected chi connectivity index (χ0v) is 8.23. The van der Waals surface area contributed by atoms with E-state index in [2.05, 4.69) is 0 Å². The van der Waals surface area contributed by atoms with Crippen molar-refractivity contribution in [3.05, 3.63) is 40.8 Å². The molecular weight excluding hydrogens is 196 g/mol. The first kappa shape index (κ1) is 9.73. The second kappa shape index (κ2) is 4.14. The average Bonchev–Trinajstić information content (AvgIpc) is 2.26. The van der Waals surface area contributed by atoms with E-state index < -0.39 is 0 Å². The van der Waals surface area contributed by atoms with E-state index in [0.717, 1.165) is 0 Å². The molecule has 78 valence electrons. The van der Waals surface area contributed by atoms with Crippen LogP contribution < -0.4 is 10.2 Å². The predicted octanol–water partition coefficient (Wildman–Crippen LogP) is 1.78. The van der Waals surface area contributed by atoms with Crippen molar-refractivity contribution < 1.29 is 13.9 Å². The number of ether oxygens (including phenoxy) is 2. The third-order valence-corrected chi connectivity index (χ3v) is 1.98. The van der Waals surface area contributed by atoms with Crippen molar-refractivity contribution in [2.45, 2.75) is 0 Å². The highest BCUT2D eigenvalue weighted by molar-refractivity contribution is 5.77. The molecule has 0 saturated heterocycles. The second-order valence-electron chi connectivity index (χ2n) is 2.99. The van der Waals surface area contributed by atoms with Gasteiger partial charge in [-0.2, -0.15) is 0 Å². The highest BCUT2D eigenvalue weighted by Crippen LogP contribution is 2.18. The Morgan fingerprint density at radius 1 is 1.33 bits per heavy atom. The molecule has 0 fully saturated rings. The van der Waals surface area contributed by atoms with Crippen LogP contribution in [0.25, 0.3) is 11.0 Å². The number of hydrogen-bond acceptors (Lipinski definition) is 4. The van der Waals surface area contributed by atoms with Crippen molar-refractivity contribution in [3.63, 3.8) is 0 Å². The molecule has 2 rings (SSSR count). The van der Waals surface area contributed by atoms with E-state index in [0.29, 0.717) is 16.7 Å². The van der Waals surface area contributed by atoms with Crippen LogP contribution in [0.2, 0.25) is 0 Å². The lowest BCUT2D eigenvalue weighted by molar-refractivity contribution is 0.0512. The highest BCUT2D eigenvalue weighted by atomic mass is 16.7. The third kappa shape index (κ3) is 1.99. The first-order chi connectivity index (χ1) is 7.31.